The molecule has 33 heavy (non-hydrogen) atoms. The van der Waals surface area contributed by atoms with Crippen molar-refractivity contribution in [2.24, 2.45) is 0 Å². The van der Waals surface area contributed by atoms with Crippen LogP contribution in [0.15, 0.2) is 78.0 Å². The fourth-order valence-electron chi connectivity index (χ4n) is 4.97. The lowest BCUT2D eigenvalue weighted by atomic mass is 9.94. The van der Waals surface area contributed by atoms with Crippen molar-refractivity contribution in [3.05, 3.63) is 89.1 Å². The number of fused-ring (bicyclic) bond motifs is 3. The van der Waals surface area contributed by atoms with Crippen molar-refractivity contribution in [3.8, 4) is 16.9 Å². The van der Waals surface area contributed by atoms with E-state index in [0.29, 0.717) is 30.6 Å². The van der Waals surface area contributed by atoms with E-state index in [0.717, 1.165) is 35.0 Å². The van der Waals surface area contributed by atoms with E-state index in [1.54, 1.807) is 6.20 Å². The second-order valence-corrected chi connectivity index (χ2v) is 8.77. The van der Waals surface area contributed by atoms with Crippen LogP contribution in [0.3, 0.4) is 0 Å². The maximum absolute atomic E-state index is 14.6. The fourth-order valence-corrected chi connectivity index (χ4v) is 4.97. The van der Waals surface area contributed by atoms with Crippen LogP contribution in [0.1, 0.15) is 37.3 Å². The average molecular weight is 442 g/mol. The number of halogens is 1. The minimum absolute atomic E-state index is 0.201. The zero-order valence-corrected chi connectivity index (χ0v) is 18.1. The predicted octanol–water partition coefficient (Wildman–Crippen LogP) is 4.99. The maximum Gasteiger partial charge on any atom is 0.278 e. The van der Waals surface area contributed by atoms with Crippen molar-refractivity contribution in [2.45, 2.75) is 44.4 Å². The molecule has 3 aromatic rings. The second kappa shape index (κ2) is 7.99. The van der Waals surface area contributed by atoms with Gasteiger partial charge in [0.15, 0.2) is 0 Å². The molecule has 0 radical (unpaired) electrons. The summed E-state index contributed by atoms with van der Waals surface area (Å²) in [7, 11) is 0. The minimum Gasteiger partial charge on any atom is -0.342 e. The molecule has 0 spiro atoms. The monoisotopic (exact) mass is 441 g/mol. The summed E-state index contributed by atoms with van der Waals surface area (Å²) in [6.45, 7) is 0.607. The third-order valence-corrected chi connectivity index (χ3v) is 6.67. The van der Waals surface area contributed by atoms with Crippen LogP contribution in [0, 0.1) is 0 Å². The van der Waals surface area contributed by atoms with Crippen LogP contribution in [0.5, 0.6) is 0 Å². The Balaban J connectivity index is 1.43. The summed E-state index contributed by atoms with van der Waals surface area (Å²) >= 11 is 0. The molecule has 6 nitrogen and oxygen atoms in total. The molecule has 0 unspecified atom stereocenters. The molecule has 0 bridgehead atoms. The summed E-state index contributed by atoms with van der Waals surface area (Å²) in [5, 5.41) is 9.82. The summed E-state index contributed by atoms with van der Waals surface area (Å²) in [5.74, 6) is 0. The summed E-state index contributed by atoms with van der Waals surface area (Å²) < 4.78 is 20.0. The van der Waals surface area contributed by atoms with Crippen LogP contribution in [0.2, 0.25) is 0 Å². The van der Waals surface area contributed by atoms with Gasteiger partial charge in [0.1, 0.15) is 11.9 Å². The standard InChI is InChI=1S/C26H24FN5O/c27-22-7-2-4-9-24(22)32-26(33)21-17-30(23-8-3-1-6-20(23)25(21)29-32)16-18-10-12-19(13-11-18)31-15-5-14-28-31/h1,3,5-6,8,10-15,17,22,24H,2,4,7,9,16H2/t22-,24+/m1/s1. The molecular formula is C26H24FN5O. The highest BCUT2D eigenvalue weighted by Gasteiger charge is 2.31. The Labute approximate surface area is 190 Å². The van der Waals surface area contributed by atoms with Crippen molar-refractivity contribution in [1.29, 1.82) is 0 Å². The van der Waals surface area contributed by atoms with Crippen molar-refractivity contribution >= 4 is 10.9 Å². The van der Waals surface area contributed by atoms with E-state index in [-0.39, 0.29) is 5.56 Å². The Morgan fingerprint density at radius 1 is 1.00 bits per heavy atom. The third-order valence-electron chi connectivity index (χ3n) is 6.67. The second-order valence-electron chi connectivity index (χ2n) is 8.77. The Morgan fingerprint density at radius 3 is 2.61 bits per heavy atom. The van der Waals surface area contributed by atoms with Crippen LogP contribution >= 0.6 is 0 Å². The largest absolute Gasteiger partial charge is 0.342 e. The molecule has 0 amide bonds. The molecule has 2 aromatic carbocycles. The van der Waals surface area contributed by atoms with Crippen molar-refractivity contribution in [2.75, 3.05) is 0 Å². The molecule has 2 aliphatic heterocycles. The van der Waals surface area contributed by atoms with Crippen molar-refractivity contribution < 1.29 is 4.39 Å². The summed E-state index contributed by atoms with van der Waals surface area (Å²) in [4.78, 5) is 13.3. The molecule has 1 aromatic heterocycles. The lowest BCUT2D eigenvalue weighted by molar-refractivity contribution is 0.157. The van der Waals surface area contributed by atoms with Gasteiger partial charge in [-0.1, -0.05) is 43.2 Å². The predicted molar refractivity (Wildman–Crippen MR) is 126 cm³/mol. The third kappa shape index (κ3) is 3.44. The van der Waals surface area contributed by atoms with Gasteiger partial charge in [0.25, 0.3) is 5.56 Å². The zero-order chi connectivity index (χ0) is 22.4. The van der Waals surface area contributed by atoms with Crippen LogP contribution in [-0.2, 0) is 6.54 Å². The van der Waals surface area contributed by atoms with Gasteiger partial charge in [-0.2, -0.15) is 10.2 Å². The Hall–Kier alpha value is -3.74. The molecule has 0 N–H and O–H groups in total. The van der Waals surface area contributed by atoms with E-state index in [1.807, 2.05) is 59.5 Å². The number of nitrogens with zero attached hydrogens (tertiary/aromatic N) is 5. The van der Waals surface area contributed by atoms with Gasteiger partial charge in [-0.25, -0.2) is 13.8 Å². The molecule has 166 valence electrons. The Kier molecular flexibility index (Phi) is 4.82. The number of hydrogen-bond donors (Lipinski definition) is 0. The quantitative estimate of drug-likeness (QED) is 0.395. The van der Waals surface area contributed by atoms with Gasteiger partial charge < -0.3 is 4.57 Å². The van der Waals surface area contributed by atoms with Gasteiger partial charge in [-0.05, 0) is 42.7 Å². The molecule has 2 atom stereocenters. The van der Waals surface area contributed by atoms with E-state index in [4.69, 9.17) is 0 Å². The maximum atomic E-state index is 14.6. The SMILES string of the molecule is O=c1c2cn(Cc3ccc(-n4cccn4)cc3)c3ccccc3c-2nn1[C@H]1CCCC[C@H]1F. The molecular weight excluding hydrogens is 417 g/mol. The first-order valence-electron chi connectivity index (χ1n) is 11.4. The molecule has 1 aliphatic carbocycles. The van der Waals surface area contributed by atoms with E-state index in [9.17, 15) is 9.18 Å². The zero-order valence-electron chi connectivity index (χ0n) is 18.1. The number of aromatic nitrogens is 5. The highest BCUT2D eigenvalue weighted by atomic mass is 19.1. The first-order chi connectivity index (χ1) is 16.2. The average Bonchev–Trinajstić information content (AvgIpc) is 3.49. The summed E-state index contributed by atoms with van der Waals surface area (Å²) in [6, 6.07) is 17.6. The number of benzene rings is 2. The highest BCUT2D eigenvalue weighted by Crippen LogP contribution is 2.33. The van der Waals surface area contributed by atoms with E-state index < -0.39 is 12.2 Å². The summed E-state index contributed by atoms with van der Waals surface area (Å²) in [6.07, 6.45) is 7.47. The van der Waals surface area contributed by atoms with Crippen LogP contribution in [-0.4, -0.2) is 30.3 Å². The first-order valence-corrected chi connectivity index (χ1v) is 11.4. The Bertz CT molecular complexity index is 1430. The number of rotatable bonds is 4. The van der Waals surface area contributed by atoms with Gasteiger partial charge in [-0.15, -0.1) is 0 Å². The molecule has 7 heteroatoms. The van der Waals surface area contributed by atoms with Crippen molar-refractivity contribution in [1.82, 2.24) is 24.1 Å². The topological polar surface area (TPSA) is 57.6 Å². The van der Waals surface area contributed by atoms with Gasteiger partial charge >= 0.3 is 0 Å². The van der Waals surface area contributed by atoms with E-state index in [2.05, 4.69) is 26.9 Å². The Morgan fingerprint density at radius 2 is 1.82 bits per heavy atom. The lowest BCUT2D eigenvalue weighted by Gasteiger charge is -2.25. The first kappa shape index (κ1) is 19.9. The van der Waals surface area contributed by atoms with Gasteiger partial charge in [-0.3, -0.25) is 4.79 Å². The van der Waals surface area contributed by atoms with E-state index in [1.165, 1.54) is 4.68 Å². The van der Waals surface area contributed by atoms with Crippen LogP contribution in [0.25, 0.3) is 27.8 Å². The smallest absolute Gasteiger partial charge is 0.278 e. The molecule has 6 rings (SSSR count). The van der Waals surface area contributed by atoms with Gasteiger partial charge in [0.05, 0.1) is 22.8 Å². The number of pyridine rings is 1. The molecule has 1 fully saturated rings. The van der Waals surface area contributed by atoms with Crippen LogP contribution < -0.4 is 5.56 Å². The number of alkyl halides is 1. The molecule has 0 saturated heterocycles. The lowest BCUT2D eigenvalue weighted by Crippen LogP contribution is -2.31. The molecule has 3 aliphatic rings. The van der Waals surface area contributed by atoms with Crippen molar-refractivity contribution in [3.63, 3.8) is 0 Å². The van der Waals surface area contributed by atoms with Gasteiger partial charge in [0, 0.05) is 30.5 Å². The minimum atomic E-state index is -1.02. The number of hydrogen-bond acceptors (Lipinski definition) is 3. The fraction of sp³-hybridized carbons (Fsp3) is 0.269. The molecule has 1 saturated carbocycles. The van der Waals surface area contributed by atoms with Gasteiger partial charge in [0.2, 0.25) is 0 Å². The summed E-state index contributed by atoms with van der Waals surface area (Å²) in [5.41, 5.74) is 4.08. The van der Waals surface area contributed by atoms with Crippen LogP contribution in [0.4, 0.5) is 4.39 Å². The number of para-hydroxylation sites is 1. The normalized spacial score (nSPS) is 18.8. The highest BCUT2D eigenvalue weighted by molar-refractivity contribution is 5.93. The van der Waals surface area contributed by atoms with E-state index >= 15 is 0 Å². The molecule has 3 heterocycles.